The molecule has 24 heavy (non-hydrogen) atoms. The molecule has 5 heteroatoms. The van der Waals surface area contributed by atoms with E-state index in [-0.39, 0.29) is 28.8 Å². The summed E-state index contributed by atoms with van der Waals surface area (Å²) in [6, 6.07) is 3.64. The van der Waals surface area contributed by atoms with E-state index in [1.165, 1.54) is 5.56 Å². The van der Waals surface area contributed by atoms with Crippen LogP contribution < -0.4 is 5.32 Å². The van der Waals surface area contributed by atoms with Crippen LogP contribution in [0.15, 0.2) is 12.1 Å². The fourth-order valence-corrected chi connectivity index (χ4v) is 4.71. The van der Waals surface area contributed by atoms with Gasteiger partial charge in [0.2, 0.25) is 5.91 Å². The number of carbonyl (C=O) groups excluding carboxylic acids is 1. The fourth-order valence-electron chi connectivity index (χ4n) is 3.40. The Labute approximate surface area is 145 Å². The molecule has 1 saturated heterocycles. The maximum atomic E-state index is 14.7. The highest BCUT2D eigenvalue weighted by atomic mass is 28.4. The van der Waals surface area contributed by atoms with Gasteiger partial charge in [-0.2, -0.15) is 0 Å². The predicted molar refractivity (Wildman–Crippen MR) is 96.1 cm³/mol. The molecular weight excluding hydrogens is 321 g/mol. The van der Waals surface area contributed by atoms with Crippen LogP contribution in [-0.2, 0) is 15.6 Å². The third-order valence-corrected chi connectivity index (χ3v) is 10.4. The molecule has 132 valence electrons. The average molecular weight is 350 g/mol. The number of halogens is 1. The monoisotopic (exact) mass is 349 g/mol. The van der Waals surface area contributed by atoms with E-state index in [9.17, 15) is 9.18 Å². The molecule has 1 unspecified atom stereocenters. The molecule has 1 aromatic carbocycles. The van der Waals surface area contributed by atoms with E-state index in [4.69, 9.17) is 4.43 Å². The van der Waals surface area contributed by atoms with Gasteiger partial charge in [0.05, 0.1) is 6.10 Å². The first-order chi connectivity index (χ1) is 11.1. The van der Waals surface area contributed by atoms with E-state index < -0.39 is 8.32 Å². The first kappa shape index (κ1) is 17.6. The Kier molecular flexibility index (Phi) is 4.37. The molecule has 1 fully saturated rings. The second-order valence-electron chi connectivity index (χ2n) is 8.68. The number of nitrogens with one attached hydrogen (secondary N) is 1. The number of hydrogen-bond acceptors (Lipinski definition) is 2. The van der Waals surface area contributed by atoms with Crippen molar-refractivity contribution in [1.29, 1.82) is 0 Å². The second kappa shape index (κ2) is 5.95. The third kappa shape index (κ3) is 3.16. The molecule has 0 bridgehead atoms. The molecule has 0 aromatic heterocycles. The standard InChI is InChI=1S/C19H28FNO2Si/c1-19(2,3)24(4,5)23-17-7-6-12-8-14(16(20)10-15(12)17)13-9-18(22)21-11-13/h8,10,13,17H,6-7,9,11H2,1-5H3,(H,21,22)/t13-,17?/m0/s1. The molecule has 3 nitrogen and oxygen atoms in total. The van der Waals surface area contributed by atoms with Gasteiger partial charge in [0, 0.05) is 18.9 Å². The summed E-state index contributed by atoms with van der Waals surface area (Å²) in [4.78, 5) is 11.4. The summed E-state index contributed by atoms with van der Waals surface area (Å²) in [5, 5.41) is 2.94. The van der Waals surface area contributed by atoms with Crippen LogP contribution >= 0.6 is 0 Å². The van der Waals surface area contributed by atoms with Crippen molar-refractivity contribution in [2.24, 2.45) is 0 Å². The number of rotatable bonds is 3. The molecule has 1 heterocycles. The number of fused-ring (bicyclic) bond motifs is 1. The molecule has 2 aliphatic rings. The third-order valence-electron chi connectivity index (χ3n) is 5.94. The topological polar surface area (TPSA) is 38.3 Å². The SMILES string of the molecule is CC(C)(C)[Si](C)(C)OC1CCc2cc([C@@H]3CNC(=O)C3)c(F)cc21. The number of benzene rings is 1. The lowest BCUT2D eigenvalue weighted by atomic mass is 9.94. The smallest absolute Gasteiger partial charge is 0.220 e. The number of aryl methyl sites for hydroxylation is 1. The Morgan fingerprint density at radius 1 is 1.25 bits per heavy atom. The Hall–Kier alpha value is -1.20. The highest BCUT2D eigenvalue weighted by molar-refractivity contribution is 6.74. The lowest BCUT2D eigenvalue weighted by Crippen LogP contribution is -2.41. The zero-order valence-corrected chi connectivity index (χ0v) is 16.3. The van der Waals surface area contributed by atoms with Crippen molar-refractivity contribution in [2.75, 3.05) is 6.54 Å². The van der Waals surface area contributed by atoms with E-state index in [0.29, 0.717) is 18.5 Å². The first-order valence-corrected chi connectivity index (χ1v) is 11.8. The van der Waals surface area contributed by atoms with E-state index >= 15 is 0 Å². The maximum Gasteiger partial charge on any atom is 0.220 e. The summed E-state index contributed by atoms with van der Waals surface area (Å²) >= 11 is 0. The van der Waals surface area contributed by atoms with Gasteiger partial charge in [0.25, 0.3) is 0 Å². The first-order valence-electron chi connectivity index (χ1n) is 8.85. The van der Waals surface area contributed by atoms with Crippen LogP contribution in [0.25, 0.3) is 0 Å². The number of hydrogen-bond donors (Lipinski definition) is 1. The summed E-state index contributed by atoms with van der Waals surface area (Å²) < 4.78 is 21.2. The molecular formula is C19H28FNO2Si. The van der Waals surface area contributed by atoms with Crippen LogP contribution in [0.3, 0.4) is 0 Å². The molecule has 0 spiro atoms. The van der Waals surface area contributed by atoms with Gasteiger partial charge < -0.3 is 9.74 Å². The molecule has 2 atom stereocenters. The minimum atomic E-state index is -1.88. The van der Waals surface area contributed by atoms with Crippen LogP contribution in [0.5, 0.6) is 0 Å². The molecule has 1 aliphatic heterocycles. The van der Waals surface area contributed by atoms with E-state index in [2.05, 4.69) is 39.2 Å². The van der Waals surface area contributed by atoms with Crippen molar-refractivity contribution in [2.45, 2.75) is 70.2 Å². The summed E-state index contributed by atoms with van der Waals surface area (Å²) in [6.07, 6.45) is 2.25. The van der Waals surface area contributed by atoms with Crippen molar-refractivity contribution in [1.82, 2.24) is 5.32 Å². The molecule has 1 amide bonds. The van der Waals surface area contributed by atoms with Gasteiger partial charge >= 0.3 is 0 Å². The zero-order valence-electron chi connectivity index (χ0n) is 15.3. The van der Waals surface area contributed by atoms with Crippen molar-refractivity contribution in [3.05, 3.63) is 34.6 Å². The summed E-state index contributed by atoms with van der Waals surface area (Å²) in [5.74, 6) is -0.219. The molecule has 0 saturated carbocycles. The van der Waals surface area contributed by atoms with Gasteiger partial charge in [0.1, 0.15) is 5.82 Å². The van der Waals surface area contributed by atoms with Crippen LogP contribution in [0.1, 0.15) is 62.3 Å². The Morgan fingerprint density at radius 2 is 1.96 bits per heavy atom. The molecule has 1 N–H and O–H groups in total. The van der Waals surface area contributed by atoms with Crippen molar-refractivity contribution in [3.63, 3.8) is 0 Å². The summed E-state index contributed by atoms with van der Waals surface area (Å²) in [7, 11) is -1.88. The highest BCUT2D eigenvalue weighted by Crippen LogP contribution is 2.44. The molecule has 3 rings (SSSR count). The van der Waals surface area contributed by atoms with Gasteiger partial charge in [-0.3, -0.25) is 4.79 Å². The van der Waals surface area contributed by atoms with Crippen LogP contribution in [0.4, 0.5) is 4.39 Å². The average Bonchev–Trinajstić information content (AvgIpc) is 3.04. The van der Waals surface area contributed by atoms with Crippen molar-refractivity contribution in [3.8, 4) is 0 Å². The highest BCUT2D eigenvalue weighted by Gasteiger charge is 2.41. The normalized spacial score (nSPS) is 24.2. The minimum Gasteiger partial charge on any atom is -0.410 e. The lowest BCUT2D eigenvalue weighted by molar-refractivity contribution is -0.119. The lowest BCUT2D eigenvalue weighted by Gasteiger charge is -2.38. The summed E-state index contributed by atoms with van der Waals surface area (Å²) in [6.45, 7) is 11.7. The van der Waals surface area contributed by atoms with Crippen LogP contribution in [0, 0.1) is 5.82 Å². The maximum absolute atomic E-state index is 14.7. The zero-order chi connectivity index (χ0) is 17.7. The van der Waals surface area contributed by atoms with E-state index in [1.54, 1.807) is 6.07 Å². The van der Waals surface area contributed by atoms with Crippen molar-refractivity contribution >= 4 is 14.2 Å². The predicted octanol–water partition coefficient (Wildman–Crippen LogP) is 4.44. The Balaban J connectivity index is 1.85. The number of carbonyl (C=O) groups is 1. The van der Waals surface area contributed by atoms with Crippen LogP contribution in [0.2, 0.25) is 18.1 Å². The second-order valence-corrected chi connectivity index (χ2v) is 13.4. The largest absolute Gasteiger partial charge is 0.410 e. The van der Waals surface area contributed by atoms with E-state index in [1.807, 2.05) is 6.07 Å². The van der Waals surface area contributed by atoms with Crippen molar-refractivity contribution < 1.29 is 13.6 Å². The van der Waals surface area contributed by atoms with E-state index in [0.717, 1.165) is 18.4 Å². The quantitative estimate of drug-likeness (QED) is 0.819. The van der Waals surface area contributed by atoms with Crippen LogP contribution in [-0.4, -0.2) is 20.8 Å². The molecule has 1 aromatic rings. The Bertz CT molecular complexity index is 666. The van der Waals surface area contributed by atoms with Gasteiger partial charge in [-0.25, -0.2) is 4.39 Å². The molecule has 1 aliphatic carbocycles. The van der Waals surface area contributed by atoms with Gasteiger partial charge in [-0.05, 0) is 53.7 Å². The summed E-state index contributed by atoms with van der Waals surface area (Å²) in [5.41, 5.74) is 2.88. The van der Waals surface area contributed by atoms with Gasteiger partial charge in [-0.15, -0.1) is 0 Å². The molecule has 0 radical (unpaired) electrons. The Morgan fingerprint density at radius 3 is 2.54 bits per heavy atom. The van der Waals surface area contributed by atoms with Gasteiger partial charge in [0.15, 0.2) is 8.32 Å². The number of amides is 1. The van der Waals surface area contributed by atoms with Gasteiger partial charge in [-0.1, -0.05) is 26.8 Å². The minimum absolute atomic E-state index is 0.00720. The fraction of sp³-hybridized carbons (Fsp3) is 0.632.